The third-order valence-corrected chi connectivity index (χ3v) is 3.44. The highest BCUT2D eigenvalue weighted by Gasteiger charge is 2.23. The summed E-state index contributed by atoms with van der Waals surface area (Å²) in [7, 11) is 0. The molecule has 0 N–H and O–H groups in total. The standard InChI is InChI=1S/C14H19N5O2/c1-11(2)21-14(20)18-9-7-17(8-10-18)12-4-6-19-13(16-12)3-5-15-19/h3-6,11H,7-10H2,1-2H3. The number of anilines is 1. The van der Waals surface area contributed by atoms with Gasteiger partial charge in [0.05, 0.1) is 12.3 Å². The minimum atomic E-state index is -0.233. The molecule has 7 heteroatoms. The quantitative estimate of drug-likeness (QED) is 0.836. The highest BCUT2D eigenvalue weighted by molar-refractivity contribution is 5.68. The lowest BCUT2D eigenvalue weighted by Crippen LogP contribution is -2.49. The van der Waals surface area contributed by atoms with E-state index in [0.29, 0.717) is 13.1 Å². The molecule has 2 aromatic heterocycles. The van der Waals surface area contributed by atoms with Crippen molar-refractivity contribution in [1.82, 2.24) is 19.5 Å². The number of carbonyl (C=O) groups excluding carboxylic acids is 1. The summed E-state index contributed by atoms with van der Waals surface area (Å²) in [5.41, 5.74) is 0.828. The zero-order chi connectivity index (χ0) is 14.8. The van der Waals surface area contributed by atoms with Crippen molar-refractivity contribution in [2.24, 2.45) is 0 Å². The minimum absolute atomic E-state index is 0.0820. The van der Waals surface area contributed by atoms with Crippen LogP contribution in [0.1, 0.15) is 13.8 Å². The number of rotatable bonds is 2. The predicted molar refractivity (Wildman–Crippen MR) is 78.4 cm³/mol. The van der Waals surface area contributed by atoms with Gasteiger partial charge in [0.25, 0.3) is 0 Å². The van der Waals surface area contributed by atoms with Gasteiger partial charge in [0.2, 0.25) is 0 Å². The summed E-state index contributed by atoms with van der Waals surface area (Å²) in [5, 5.41) is 4.13. The molecule has 3 heterocycles. The second kappa shape index (κ2) is 5.59. The van der Waals surface area contributed by atoms with Crippen LogP contribution in [0.2, 0.25) is 0 Å². The van der Waals surface area contributed by atoms with Crippen LogP contribution < -0.4 is 4.90 Å². The van der Waals surface area contributed by atoms with Gasteiger partial charge < -0.3 is 14.5 Å². The van der Waals surface area contributed by atoms with E-state index in [0.717, 1.165) is 24.6 Å². The average molecular weight is 289 g/mol. The molecule has 0 aromatic carbocycles. The van der Waals surface area contributed by atoms with Crippen molar-refractivity contribution in [3.05, 3.63) is 24.5 Å². The van der Waals surface area contributed by atoms with E-state index >= 15 is 0 Å². The Morgan fingerprint density at radius 1 is 1.24 bits per heavy atom. The number of carbonyl (C=O) groups is 1. The number of piperazine rings is 1. The summed E-state index contributed by atoms with van der Waals surface area (Å²) in [6.45, 7) is 6.53. The van der Waals surface area contributed by atoms with Gasteiger partial charge in [-0.15, -0.1) is 0 Å². The van der Waals surface area contributed by atoms with E-state index in [4.69, 9.17) is 4.74 Å². The van der Waals surface area contributed by atoms with Crippen molar-refractivity contribution in [2.75, 3.05) is 31.1 Å². The lowest BCUT2D eigenvalue weighted by molar-refractivity contribution is 0.0751. The van der Waals surface area contributed by atoms with Gasteiger partial charge in [-0.3, -0.25) is 0 Å². The van der Waals surface area contributed by atoms with E-state index in [9.17, 15) is 4.79 Å². The molecule has 1 fully saturated rings. The Labute approximate surface area is 123 Å². The van der Waals surface area contributed by atoms with Crippen LogP contribution in [0, 0.1) is 0 Å². The van der Waals surface area contributed by atoms with Crippen LogP contribution in [0.4, 0.5) is 10.6 Å². The van der Waals surface area contributed by atoms with E-state index in [1.165, 1.54) is 0 Å². The van der Waals surface area contributed by atoms with Gasteiger partial charge >= 0.3 is 6.09 Å². The summed E-state index contributed by atoms with van der Waals surface area (Å²) in [4.78, 5) is 20.3. The summed E-state index contributed by atoms with van der Waals surface area (Å²) in [6, 6.07) is 3.82. The third kappa shape index (κ3) is 2.91. The molecule has 2 aromatic rings. The van der Waals surface area contributed by atoms with Gasteiger partial charge in [-0.2, -0.15) is 5.10 Å². The topological polar surface area (TPSA) is 63.0 Å². The fraction of sp³-hybridized carbons (Fsp3) is 0.500. The van der Waals surface area contributed by atoms with E-state index < -0.39 is 0 Å². The molecule has 0 saturated carbocycles. The maximum Gasteiger partial charge on any atom is 0.410 e. The highest BCUT2D eigenvalue weighted by Crippen LogP contribution is 2.15. The van der Waals surface area contributed by atoms with Gasteiger partial charge in [0.15, 0.2) is 5.65 Å². The second-order valence-electron chi connectivity index (χ2n) is 5.33. The number of nitrogens with zero attached hydrogens (tertiary/aromatic N) is 5. The maximum absolute atomic E-state index is 11.8. The van der Waals surface area contributed by atoms with Crippen LogP contribution in [0.5, 0.6) is 0 Å². The van der Waals surface area contributed by atoms with Crippen LogP contribution >= 0.6 is 0 Å². The van der Waals surface area contributed by atoms with E-state index in [1.807, 2.05) is 32.2 Å². The van der Waals surface area contributed by atoms with Gasteiger partial charge in [-0.25, -0.2) is 14.3 Å². The Kier molecular flexibility index (Phi) is 3.64. The molecule has 0 atom stereocenters. The molecule has 1 amide bonds. The molecule has 21 heavy (non-hydrogen) atoms. The Balaban J connectivity index is 1.63. The molecule has 0 bridgehead atoms. The SMILES string of the molecule is CC(C)OC(=O)N1CCN(c2ccn3nccc3n2)CC1. The van der Waals surface area contributed by atoms with Crippen molar-refractivity contribution in [3.63, 3.8) is 0 Å². The van der Waals surface area contributed by atoms with E-state index in [1.54, 1.807) is 15.6 Å². The largest absolute Gasteiger partial charge is 0.447 e. The molecule has 0 aliphatic carbocycles. The summed E-state index contributed by atoms with van der Waals surface area (Å²) >= 11 is 0. The van der Waals surface area contributed by atoms with Crippen molar-refractivity contribution >= 4 is 17.6 Å². The number of amides is 1. The van der Waals surface area contributed by atoms with Crippen LogP contribution in [-0.2, 0) is 4.74 Å². The zero-order valence-corrected chi connectivity index (χ0v) is 12.3. The smallest absolute Gasteiger partial charge is 0.410 e. The Morgan fingerprint density at radius 3 is 2.71 bits per heavy atom. The number of hydrogen-bond donors (Lipinski definition) is 0. The molecule has 7 nitrogen and oxygen atoms in total. The molecular formula is C14H19N5O2. The van der Waals surface area contributed by atoms with Crippen molar-refractivity contribution < 1.29 is 9.53 Å². The van der Waals surface area contributed by atoms with E-state index in [-0.39, 0.29) is 12.2 Å². The fourth-order valence-electron chi connectivity index (χ4n) is 2.37. The first-order chi connectivity index (χ1) is 10.1. The summed E-state index contributed by atoms with van der Waals surface area (Å²) in [5.74, 6) is 0.917. The lowest BCUT2D eigenvalue weighted by atomic mass is 10.3. The lowest BCUT2D eigenvalue weighted by Gasteiger charge is -2.35. The Morgan fingerprint density at radius 2 is 2.00 bits per heavy atom. The van der Waals surface area contributed by atoms with Crippen LogP contribution in [-0.4, -0.2) is 57.9 Å². The van der Waals surface area contributed by atoms with Gasteiger partial charge in [-0.05, 0) is 19.9 Å². The second-order valence-corrected chi connectivity index (χ2v) is 5.33. The van der Waals surface area contributed by atoms with Crippen LogP contribution in [0.3, 0.4) is 0 Å². The molecule has 1 aliphatic rings. The number of fused-ring (bicyclic) bond motifs is 1. The van der Waals surface area contributed by atoms with Crippen molar-refractivity contribution in [1.29, 1.82) is 0 Å². The molecule has 1 aliphatic heterocycles. The van der Waals surface area contributed by atoms with Gasteiger partial charge in [0.1, 0.15) is 5.82 Å². The first-order valence-corrected chi connectivity index (χ1v) is 7.14. The average Bonchev–Trinajstić information content (AvgIpc) is 2.94. The number of ether oxygens (including phenoxy) is 1. The van der Waals surface area contributed by atoms with Crippen LogP contribution in [0.15, 0.2) is 24.5 Å². The maximum atomic E-state index is 11.8. The molecule has 0 radical (unpaired) electrons. The third-order valence-electron chi connectivity index (χ3n) is 3.44. The molecule has 0 spiro atoms. The molecule has 3 rings (SSSR count). The zero-order valence-electron chi connectivity index (χ0n) is 12.3. The van der Waals surface area contributed by atoms with Crippen molar-refractivity contribution in [2.45, 2.75) is 20.0 Å². The molecule has 1 saturated heterocycles. The fourth-order valence-corrected chi connectivity index (χ4v) is 2.37. The molecule has 0 unspecified atom stereocenters. The molecular weight excluding hydrogens is 270 g/mol. The van der Waals surface area contributed by atoms with E-state index in [2.05, 4.69) is 15.0 Å². The number of hydrogen-bond acceptors (Lipinski definition) is 5. The van der Waals surface area contributed by atoms with Gasteiger partial charge in [-0.1, -0.05) is 0 Å². The number of aromatic nitrogens is 3. The normalized spacial score (nSPS) is 15.8. The first-order valence-electron chi connectivity index (χ1n) is 7.14. The molecule has 112 valence electrons. The first kappa shape index (κ1) is 13.7. The van der Waals surface area contributed by atoms with Gasteiger partial charge in [0, 0.05) is 38.4 Å². The van der Waals surface area contributed by atoms with Crippen molar-refractivity contribution in [3.8, 4) is 0 Å². The summed E-state index contributed by atoms with van der Waals surface area (Å²) < 4.78 is 6.95. The Hall–Kier alpha value is -2.31. The minimum Gasteiger partial charge on any atom is -0.447 e. The monoisotopic (exact) mass is 289 g/mol. The summed E-state index contributed by atoms with van der Waals surface area (Å²) in [6.07, 6.45) is 3.31. The highest BCUT2D eigenvalue weighted by atomic mass is 16.6. The van der Waals surface area contributed by atoms with Crippen LogP contribution in [0.25, 0.3) is 5.65 Å². The Bertz CT molecular complexity index is 631. The predicted octanol–water partition coefficient (Wildman–Crippen LogP) is 1.40.